The number of carbonyl (C=O) groups is 2. The van der Waals surface area contributed by atoms with Gasteiger partial charge in [0.05, 0.1) is 5.92 Å². The number of nitrogens with one attached hydrogen (secondary N) is 1. The van der Waals surface area contributed by atoms with Gasteiger partial charge in [-0.25, -0.2) is 6.54 Å². The molecule has 4 nitrogen and oxygen atoms in total. The summed E-state index contributed by atoms with van der Waals surface area (Å²) in [5.74, 6) is -0.193. The van der Waals surface area contributed by atoms with E-state index in [0.29, 0.717) is 6.54 Å². The SMILES string of the molecule is [CH2-]CN([CH-]C(C)=O)C(=O)[C@@H]1CCC/C1=C\CNC.[Y]. The first-order valence-corrected chi connectivity index (χ1v) is 6.38. The van der Waals surface area contributed by atoms with Gasteiger partial charge < -0.3 is 21.9 Å². The maximum Gasteiger partial charge on any atom is 0.201 e. The Morgan fingerprint density at radius 3 is 2.79 bits per heavy atom. The first-order valence-electron chi connectivity index (χ1n) is 6.38. The molecule has 1 aliphatic carbocycles. The molecule has 19 heavy (non-hydrogen) atoms. The van der Waals surface area contributed by atoms with E-state index in [1.807, 2.05) is 7.05 Å². The zero-order valence-electron chi connectivity index (χ0n) is 11.8. The van der Waals surface area contributed by atoms with Gasteiger partial charge in [0.25, 0.3) is 0 Å². The molecular weight excluding hydrogens is 317 g/mol. The number of Topliss-reactive ketones (excluding diaryl/α,β-unsaturated/α-hetero) is 1. The smallest absolute Gasteiger partial charge is 0.201 e. The van der Waals surface area contributed by atoms with Crippen LogP contribution >= 0.6 is 0 Å². The predicted molar refractivity (Wildman–Crippen MR) is 71.4 cm³/mol. The second-order valence-corrected chi connectivity index (χ2v) is 4.55. The van der Waals surface area contributed by atoms with Crippen molar-refractivity contribution < 1.29 is 42.3 Å². The zero-order chi connectivity index (χ0) is 13.5. The van der Waals surface area contributed by atoms with Gasteiger partial charge in [-0.1, -0.05) is 11.6 Å². The number of amides is 1. The molecule has 1 rings (SSSR count). The van der Waals surface area contributed by atoms with Crippen molar-refractivity contribution in [3.05, 3.63) is 25.1 Å². The molecule has 0 spiro atoms. The van der Waals surface area contributed by atoms with Gasteiger partial charge in [0.15, 0.2) is 0 Å². The van der Waals surface area contributed by atoms with Crippen molar-refractivity contribution in [3.63, 3.8) is 0 Å². The average molecular weight is 339 g/mol. The molecule has 0 heterocycles. The van der Waals surface area contributed by atoms with E-state index in [0.717, 1.165) is 25.8 Å². The molecule has 105 valence electrons. The monoisotopic (exact) mass is 339 g/mol. The molecule has 1 amide bonds. The fourth-order valence-corrected chi connectivity index (χ4v) is 2.29. The number of carbonyl (C=O) groups excluding carboxylic acids is 2. The van der Waals surface area contributed by atoms with Gasteiger partial charge in [0.2, 0.25) is 5.91 Å². The molecule has 5 heteroatoms. The Hall–Kier alpha value is -0.186. The molecule has 1 atom stereocenters. The van der Waals surface area contributed by atoms with Crippen molar-refractivity contribution >= 4 is 11.7 Å². The molecule has 0 aromatic rings. The van der Waals surface area contributed by atoms with Crippen molar-refractivity contribution in [2.24, 2.45) is 5.92 Å². The first kappa shape index (κ1) is 18.8. The Morgan fingerprint density at radius 1 is 1.58 bits per heavy atom. The Labute approximate surface area is 141 Å². The van der Waals surface area contributed by atoms with E-state index < -0.39 is 0 Å². The summed E-state index contributed by atoms with van der Waals surface area (Å²) >= 11 is 0. The van der Waals surface area contributed by atoms with E-state index in [2.05, 4.69) is 18.3 Å². The first-order chi connectivity index (χ1) is 8.60. The van der Waals surface area contributed by atoms with Crippen LogP contribution < -0.4 is 5.32 Å². The van der Waals surface area contributed by atoms with Crippen molar-refractivity contribution in [1.29, 1.82) is 0 Å². The zero-order valence-corrected chi connectivity index (χ0v) is 14.7. The molecule has 1 fully saturated rings. The van der Waals surface area contributed by atoms with Crippen LogP contribution in [0.3, 0.4) is 0 Å². The predicted octanol–water partition coefficient (Wildman–Crippen LogP) is 1.34. The molecule has 0 unspecified atom stereocenters. The van der Waals surface area contributed by atoms with Gasteiger partial charge in [0.1, 0.15) is 0 Å². The van der Waals surface area contributed by atoms with E-state index in [1.165, 1.54) is 23.9 Å². The molecule has 0 bridgehead atoms. The van der Waals surface area contributed by atoms with Crippen LogP contribution in [0.15, 0.2) is 11.6 Å². The third-order valence-electron chi connectivity index (χ3n) is 3.13. The summed E-state index contributed by atoms with van der Waals surface area (Å²) in [6.45, 7) is 7.58. The fourth-order valence-electron chi connectivity index (χ4n) is 2.29. The van der Waals surface area contributed by atoms with Gasteiger partial charge in [-0.3, -0.25) is 4.79 Å². The number of likely N-dealkylation sites (N-methyl/N-ethyl adjacent to an activating group) is 1. The molecule has 1 aliphatic rings. The number of hydrogen-bond acceptors (Lipinski definition) is 3. The number of nitrogens with zero attached hydrogens (tertiary/aromatic N) is 1. The van der Waals surface area contributed by atoms with E-state index in [4.69, 9.17) is 0 Å². The topological polar surface area (TPSA) is 49.4 Å². The van der Waals surface area contributed by atoms with Crippen LogP contribution in [-0.2, 0) is 42.3 Å². The summed E-state index contributed by atoms with van der Waals surface area (Å²) in [4.78, 5) is 24.8. The van der Waals surface area contributed by atoms with Crippen molar-refractivity contribution in [2.45, 2.75) is 26.2 Å². The fraction of sp³-hybridized carbons (Fsp3) is 0.571. The molecule has 1 N–H and O–H groups in total. The maximum absolute atomic E-state index is 12.3. The summed E-state index contributed by atoms with van der Waals surface area (Å²) in [6, 6.07) is 0. The van der Waals surface area contributed by atoms with Crippen LogP contribution in [0.25, 0.3) is 0 Å². The average Bonchev–Trinajstić information content (AvgIpc) is 2.80. The largest absolute Gasteiger partial charge is 0.496 e. The number of hydrogen-bond donors (Lipinski definition) is 1. The molecular formula is C14H22N2O2Y-2. The Balaban J connectivity index is 0.00000324. The van der Waals surface area contributed by atoms with E-state index in [1.54, 1.807) is 0 Å². The minimum absolute atomic E-state index is 0. The van der Waals surface area contributed by atoms with Crippen LogP contribution in [0.1, 0.15) is 26.2 Å². The van der Waals surface area contributed by atoms with Gasteiger partial charge in [-0.05, 0) is 33.2 Å². The third kappa shape index (κ3) is 5.76. The number of rotatable bonds is 6. The second-order valence-electron chi connectivity index (χ2n) is 4.55. The third-order valence-corrected chi connectivity index (χ3v) is 3.13. The van der Waals surface area contributed by atoms with Crippen LogP contribution in [0, 0.1) is 19.4 Å². The van der Waals surface area contributed by atoms with Crippen LogP contribution in [-0.4, -0.2) is 36.7 Å². The maximum atomic E-state index is 12.3. The number of ketones is 1. The molecule has 0 saturated heterocycles. The minimum Gasteiger partial charge on any atom is -0.496 e. The summed E-state index contributed by atoms with van der Waals surface area (Å²) < 4.78 is 0. The van der Waals surface area contributed by atoms with Crippen molar-refractivity contribution in [3.8, 4) is 0 Å². The molecule has 0 aromatic carbocycles. The van der Waals surface area contributed by atoms with Gasteiger partial charge in [-0.15, -0.1) is 6.54 Å². The minimum atomic E-state index is -0.120. The molecule has 1 saturated carbocycles. The standard InChI is InChI=1S/C14H22N2O2.Y/c1-4-16(10-11(2)17)14(18)13-7-5-6-12(13)8-9-15-3;/h8,10,13,15H,1,4-7,9H2,2-3H3;/q-2;/b12-8+;/t13-;/m1./s1. The van der Waals surface area contributed by atoms with E-state index in [-0.39, 0.29) is 50.3 Å². The molecule has 0 aromatic heterocycles. The normalized spacial score (nSPS) is 19.9. The molecule has 0 aliphatic heterocycles. The van der Waals surface area contributed by atoms with Gasteiger partial charge in [-0.2, -0.15) is 0 Å². The Morgan fingerprint density at radius 2 is 2.26 bits per heavy atom. The molecule has 1 radical (unpaired) electrons. The summed E-state index contributed by atoms with van der Waals surface area (Å²) in [5, 5.41) is 3.05. The summed E-state index contributed by atoms with van der Waals surface area (Å²) in [7, 11) is 1.88. The van der Waals surface area contributed by atoms with Crippen molar-refractivity contribution in [2.75, 3.05) is 20.1 Å². The van der Waals surface area contributed by atoms with Crippen molar-refractivity contribution in [1.82, 2.24) is 10.2 Å². The van der Waals surface area contributed by atoms with Gasteiger partial charge >= 0.3 is 0 Å². The van der Waals surface area contributed by atoms with Crippen LogP contribution in [0.2, 0.25) is 0 Å². The second kappa shape index (κ2) is 9.68. The summed E-state index contributed by atoms with van der Waals surface area (Å²) in [6.07, 6.45) is 4.97. The quantitative estimate of drug-likeness (QED) is 0.587. The van der Waals surface area contributed by atoms with Crippen LogP contribution in [0.4, 0.5) is 0 Å². The van der Waals surface area contributed by atoms with E-state index in [9.17, 15) is 9.59 Å². The van der Waals surface area contributed by atoms with E-state index >= 15 is 0 Å². The van der Waals surface area contributed by atoms with Crippen LogP contribution in [0.5, 0.6) is 0 Å². The Kier molecular flexibility index (Phi) is 9.58. The van der Waals surface area contributed by atoms with Gasteiger partial charge in [0, 0.05) is 45.0 Å². The summed E-state index contributed by atoms with van der Waals surface area (Å²) in [5.41, 5.74) is 1.18. The Bertz CT molecular complexity index is 342.